The lowest BCUT2D eigenvalue weighted by Crippen LogP contribution is -2.22. The van der Waals surface area contributed by atoms with Crippen molar-refractivity contribution in [2.75, 3.05) is 25.1 Å². The Morgan fingerprint density at radius 3 is 2.71 bits per heavy atom. The maximum Gasteiger partial charge on any atom is 0.151 e. The van der Waals surface area contributed by atoms with Crippen LogP contribution in [0.4, 0.5) is 5.82 Å². The average molecular weight is 230 g/mol. The molecule has 0 amide bonds. The summed E-state index contributed by atoms with van der Waals surface area (Å²) < 4.78 is 0. The normalized spacial score (nSPS) is 10.2. The Kier molecular flexibility index (Phi) is 3.62. The number of anilines is 1. The number of hydrogen-bond donors (Lipinski definition) is 1. The minimum absolute atomic E-state index is 0.0997. The quantitative estimate of drug-likeness (QED) is 0.848. The summed E-state index contributed by atoms with van der Waals surface area (Å²) in [5.74, 6) is 0.742. The first kappa shape index (κ1) is 11.5. The van der Waals surface area contributed by atoms with Gasteiger partial charge in [0.2, 0.25) is 0 Å². The number of aliphatic hydroxyl groups excluding tert-OH is 1. The lowest BCUT2D eigenvalue weighted by Gasteiger charge is -2.15. The fourth-order valence-electron chi connectivity index (χ4n) is 1.46. The molecule has 1 N–H and O–H groups in total. The third-order valence-corrected chi connectivity index (χ3v) is 2.43. The maximum absolute atomic E-state index is 8.83. The van der Waals surface area contributed by atoms with Crippen molar-refractivity contribution in [2.24, 2.45) is 0 Å². The zero-order valence-corrected chi connectivity index (χ0v) is 9.61. The molecule has 0 spiro atoms. The number of aliphatic hydroxyl groups is 1. The highest BCUT2D eigenvalue weighted by atomic mass is 16.3. The molecule has 2 rings (SSSR count). The molecule has 0 aliphatic heterocycles. The molecule has 0 atom stereocenters. The Labute approximate surface area is 99.8 Å². The second-order valence-electron chi connectivity index (χ2n) is 3.66. The van der Waals surface area contributed by atoms with E-state index in [1.807, 2.05) is 36.2 Å². The van der Waals surface area contributed by atoms with E-state index in [4.69, 9.17) is 5.11 Å². The SMILES string of the molecule is CN(CCO)c1ccc(-c2cccnc2)nn1. The summed E-state index contributed by atoms with van der Waals surface area (Å²) >= 11 is 0. The molecule has 0 saturated carbocycles. The van der Waals surface area contributed by atoms with Gasteiger partial charge in [0.1, 0.15) is 0 Å². The van der Waals surface area contributed by atoms with Crippen LogP contribution in [0.5, 0.6) is 0 Å². The van der Waals surface area contributed by atoms with Crippen LogP contribution >= 0.6 is 0 Å². The minimum Gasteiger partial charge on any atom is -0.395 e. The van der Waals surface area contributed by atoms with Gasteiger partial charge in [0.25, 0.3) is 0 Å². The Balaban J connectivity index is 2.19. The van der Waals surface area contributed by atoms with E-state index in [1.54, 1.807) is 12.4 Å². The molecule has 5 nitrogen and oxygen atoms in total. The maximum atomic E-state index is 8.83. The monoisotopic (exact) mass is 230 g/mol. The molecule has 2 aromatic rings. The van der Waals surface area contributed by atoms with E-state index in [-0.39, 0.29) is 6.61 Å². The predicted molar refractivity (Wildman–Crippen MR) is 65.6 cm³/mol. The molecular weight excluding hydrogens is 216 g/mol. The standard InChI is InChI=1S/C12H14N4O/c1-16(7-8-17)12-5-4-11(14-15-12)10-3-2-6-13-9-10/h2-6,9,17H,7-8H2,1H3. The summed E-state index contributed by atoms with van der Waals surface area (Å²) in [4.78, 5) is 5.88. The Morgan fingerprint density at radius 2 is 2.12 bits per heavy atom. The first-order chi connectivity index (χ1) is 8.31. The first-order valence-corrected chi connectivity index (χ1v) is 5.37. The number of nitrogens with zero attached hydrogens (tertiary/aromatic N) is 4. The van der Waals surface area contributed by atoms with E-state index >= 15 is 0 Å². The number of rotatable bonds is 4. The van der Waals surface area contributed by atoms with Gasteiger partial charge in [0.05, 0.1) is 12.3 Å². The number of hydrogen-bond acceptors (Lipinski definition) is 5. The summed E-state index contributed by atoms with van der Waals surface area (Å²) in [6, 6.07) is 7.58. The van der Waals surface area contributed by atoms with Gasteiger partial charge in [-0.25, -0.2) is 0 Å². The summed E-state index contributed by atoms with van der Waals surface area (Å²) in [5.41, 5.74) is 1.73. The minimum atomic E-state index is 0.0997. The molecule has 0 aliphatic carbocycles. The first-order valence-electron chi connectivity index (χ1n) is 5.37. The van der Waals surface area contributed by atoms with Crippen molar-refractivity contribution >= 4 is 5.82 Å². The molecule has 17 heavy (non-hydrogen) atoms. The van der Waals surface area contributed by atoms with Crippen molar-refractivity contribution in [2.45, 2.75) is 0 Å². The van der Waals surface area contributed by atoms with Crippen LogP contribution in [0.2, 0.25) is 0 Å². The number of pyridine rings is 1. The predicted octanol–water partition coefficient (Wildman–Crippen LogP) is 0.967. The average Bonchev–Trinajstić information content (AvgIpc) is 2.40. The second-order valence-corrected chi connectivity index (χ2v) is 3.66. The smallest absolute Gasteiger partial charge is 0.151 e. The van der Waals surface area contributed by atoms with Gasteiger partial charge in [-0.05, 0) is 24.3 Å². The van der Waals surface area contributed by atoms with E-state index in [2.05, 4.69) is 15.2 Å². The van der Waals surface area contributed by atoms with Crippen LogP contribution in [-0.2, 0) is 0 Å². The van der Waals surface area contributed by atoms with E-state index in [1.165, 1.54) is 0 Å². The Hall–Kier alpha value is -2.01. The largest absolute Gasteiger partial charge is 0.395 e. The molecule has 2 heterocycles. The van der Waals surface area contributed by atoms with Crippen molar-refractivity contribution in [3.8, 4) is 11.3 Å². The van der Waals surface area contributed by atoms with Crippen LogP contribution in [0.15, 0.2) is 36.7 Å². The lowest BCUT2D eigenvalue weighted by molar-refractivity contribution is 0.303. The fraction of sp³-hybridized carbons (Fsp3) is 0.250. The lowest BCUT2D eigenvalue weighted by atomic mass is 10.2. The van der Waals surface area contributed by atoms with Crippen molar-refractivity contribution in [3.63, 3.8) is 0 Å². The molecule has 0 unspecified atom stereocenters. The molecule has 2 aromatic heterocycles. The number of likely N-dealkylation sites (N-methyl/N-ethyl adjacent to an activating group) is 1. The molecular formula is C12H14N4O. The summed E-state index contributed by atoms with van der Waals surface area (Å²) in [7, 11) is 1.87. The van der Waals surface area contributed by atoms with E-state index < -0.39 is 0 Å². The Morgan fingerprint density at radius 1 is 1.24 bits per heavy atom. The van der Waals surface area contributed by atoms with Crippen LogP contribution in [0.25, 0.3) is 11.3 Å². The summed E-state index contributed by atoms with van der Waals surface area (Å²) in [6.45, 7) is 0.642. The molecule has 0 aliphatic rings. The second kappa shape index (κ2) is 5.36. The van der Waals surface area contributed by atoms with Gasteiger partial charge in [-0.15, -0.1) is 10.2 Å². The van der Waals surface area contributed by atoms with Crippen LogP contribution in [-0.4, -0.2) is 40.5 Å². The van der Waals surface area contributed by atoms with Gasteiger partial charge in [-0.2, -0.15) is 0 Å². The van der Waals surface area contributed by atoms with Crippen molar-refractivity contribution in [3.05, 3.63) is 36.7 Å². The third kappa shape index (κ3) is 2.76. The van der Waals surface area contributed by atoms with E-state index in [0.717, 1.165) is 17.1 Å². The highest BCUT2D eigenvalue weighted by Crippen LogP contribution is 2.16. The van der Waals surface area contributed by atoms with Crippen LogP contribution < -0.4 is 4.90 Å². The van der Waals surface area contributed by atoms with Crippen molar-refractivity contribution < 1.29 is 5.11 Å². The summed E-state index contributed by atoms with van der Waals surface area (Å²) in [5, 5.41) is 17.1. The fourth-order valence-corrected chi connectivity index (χ4v) is 1.46. The van der Waals surface area contributed by atoms with Crippen LogP contribution in [0.3, 0.4) is 0 Å². The van der Waals surface area contributed by atoms with Crippen LogP contribution in [0.1, 0.15) is 0 Å². The van der Waals surface area contributed by atoms with Crippen LogP contribution in [0, 0.1) is 0 Å². The zero-order valence-electron chi connectivity index (χ0n) is 9.61. The highest BCUT2D eigenvalue weighted by Gasteiger charge is 2.04. The van der Waals surface area contributed by atoms with Gasteiger partial charge >= 0.3 is 0 Å². The Bertz CT molecular complexity index is 458. The van der Waals surface area contributed by atoms with Crippen molar-refractivity contribution in [1.29, 1.82) is 0 Å². The van der Waals surface area contributed by atoms with Crippen molar-refractivity contribution in [1.82, 2.24) is 15.2 Å². The highest BCUT2D eigenvalue weighted by molar-refractivity contribution is 5.58. The third-order valence-electron chi connectivity index (χ3n) is 2.43. The van der Waals surface area contributed by atoms with E-state index in [0.29, 0.717) is 6.54 Å². The molecule has 0 fully saturated rings. The molecule has 0 saturated heterocycles. The van der Waals surface area contributed by atoms with E-state index in [9.17, 15) is 0 Å². The molecule has 5 heteroatoms. The molecule has 0 radical (unpaired) electrons. The molecule has 88 valence electrons. The topological polar surface area (TPSA) is 62.1 Å². The van der Waals surface area contributed by atoms with Gasteiger partial charge < -0.3 is 10.0 Å². The molecule has 0 aromatic carbocycles. The summed E-state index contributed by atoms with van der Waals surface area (Å²) in [6.07, 6.45) is 3.47. The van der Waals surface area contributed by atoms with Gasteiger partial charge in [-0.1, -0.05) is 0 Å². The zero-order chi connectivity index (χ0) is 12.1. The van der Waals surface area contributed by atoms with Gasteiger partial charge in [0.15, 0.2) is 5.82 Å². The molecule has 0 bridgehead atoms. The van der Waals surface area contributed by atoms with Gasteiger partial charge in [-0.3, -0.25) is 4.98 Å². The van der Waals surface area contributed by atoms with Gasteiger partial charge in [0, 0.05) is 31.5 Å². The number of aromatic nitrogens is 3.